The number of hydrogen-bond acceptors (Lipinski definition) is 4. The van der Waals surface area contributed by atoms with Gasteiger partial charge in [0.05, 0.1) is 5.69 Å². The zero-order valence-corrected chi connectivity index (χ0v) is 12.4. The molecule has 0 atom stereocenters. The van der Waals surface area contributed by atoms with Crippen molar-refractivity contribution in [2.24, 2.45) is 0 Å². The normalized spacial score (nSPS) is 10.5. The van der Waals surface area contributed by atoms with E-state index in [0.717, 1.165) is 11.1 Å². The quantitative estimate of drug-likeness (QED) is 0.804. The highest BCUT2D eigenvalue weighted by atomic mass is 19.1. The third-order valence-electron chi connectivity index (χ3n) is 3.31. The summed E-state index contributed by atoms with van der Waals surface area (Å²) in [6.07, 6.45) is 1.66. The first-order chi connectivity index (χ1) is 11.1. The molecule has 0 bridgehead atoms. The van der Waals surface area contributed by atoms with Gasteiger partial charge in [0.2, 0.25) is 0 Å². The summed E-state index contributed by atoms with van der Waals surface area (Å²) in [6, 6.07) is 11.3. The van der Waals surface area contributed by atoms with Crippen LogP contribution >= 0.6 is 0 Å². The first kappa shape index (κ1) is 14.9. The fourth-order valence-corrected chi connectivity index (χ4v) is 2.19. The third kappa shape index (κ3) is 3.42. The molecule has 0 fully saturated rings. The van der Waals surface area contributed by atoms with E-state index >= 15 is 0 Å². The van der Waals surface area contributed by atoms with E-state index < -0.39 is 0 Å². The van der Waals surface area contributed by atoms with E-state index in [9.17, 15) is 9.18 Å². The Hall–Kier alpha value is -3.02. The minimum Gasteiger partial charge on any atom is -0.361 e. The summed E-state index contributed by atoms with van der Waals surface area (Å²) in [4.78, 5) is 16.3. The zero-order valence-electron chi connectivity index (χ0n) is 12.4. The lowest BCUT2D eigenvalue weighted by atomic mass is 10.1. The molecule has 0 unspecified atom stereocenters. The first-order valence-corrected chi connectivity index (χ1v) is 7.05. The van der Waals surface area contributed by atoms with Gasteiger partial charge in [-0.2, -0.15) is 0 Å². The summed E-state index contributed by atoms with van der Waals surface area (Å²) in [6.45, 7) is 2.00. The molecule has 0 saturated heterocycles. The van der Waals surface area contributed by atoms with E-state index in [0.29, 0.717) is 11.5 Å². The van der Waals surface area contributed by atoms with Crippen molar-refractivity contribution in [3.63, 3.8) is 0 Å². The molecule has 3 rings (SSSR count). The van der Waals surface area contributed by atoms with Crippen molar-refractivity contribution in [3.8, 4) is 11.3 Å². The van der Waals surface area contributed by atoms with Gasteiger partial charge < -0.3 is 9.84 Å². The van der Waals surface area contributed by atoms with Crippen LogP contribution in [0, 0.1) is 12.7 Å². The lowest BCUT2D eigenvalue weighted by Crippen LogP contribution is -2.23. The second-order valence-electron chi connectivity index (χ2n) is 5.02. The molecule has 0 aliphatic carbocycles. The van der Waals surface area contributed by atoms with Gasteiger partial charge in [-0.1, -0.05) is 11.2 Å². The number of aromatic nitrogens is 2. The SMILES string of the molecule is Cc1cc(C(=O)NCc2cccnc2-c2ccc(F)cc2)no1. The fourth-order valence-electron chi connectivity index (χ4n) is 2.19. The van der Waals surface area contributed by atoms with Crippen molar-refractivity contribution < 1.29 is 13.7 Å². The Bertz CT molecular complexity index is 828. The molecular weight excluding hydrogens is 297 g/mol. The molecule has 3 aromatic rings. The van der Waals surface area contributed by atoms with E-state index in [-0.39, 0.29) is 24.0 Å². The van der Waals surface area contributed by atoms with Crippen LogP contribution in [-0.4, -0.2) is 16.0 Å². The van der Waals surface area contributed by atoms with Crippen LogP contribution in [0.1, 0.15) is 21.8 Å². The first-order valence-electron chi connectivity index (χ1n) is 7.05. The van der Waals surface area contributed by atoms with Gasteiger partial charge >= 0.3 is 0 Å². The maximum atomic E-state index is 13.1. The Labute approximate surface area is 132 Å². The smallest absolute Gasteiger partial charge is 0.273 e. The number of rotatable bonds is 4. The maximum Gasteiger partial charge on any atom is 0.273 e. The van der Waals surface area contributed by atoms with Crippen molar-refractivity contribution in [1.82, 2.24) is 15.5 Å². The highest BCUT2D eigenvalue weighted by molar-refractivity contribution is 5.92. The fraction of sp³-hybridized carbons (Fsp3) is 0.118. The van der Waals surface area contributed by atoms with Gasteiger partial charge in [0, 0.05) is 24.4 Å². The van der Waals surface area contributed by atoms with Gasteiger partial charge in [0.25, 0.3) is 5.91 Å². The summed E-state index contributed by atoms with van der Waals surface area (Å²) in [5.41, 5.74) is 2.54. The van der Waals surface area contributed by atoms with Crippen LogP contribution in [0.5, 0.6) is 0 Å². The van der Waals surface area contributed by atoms with Gasteiger partial charge in [-0.15, -0.1) is 0 Å². The molecule has 23 heavy (non-hydrogen) atoms. The van der Waals surface area contributed by atoms with Crippen molar-refractivity contribution >= 4 is 5.91 Å². The topological polar surface area (TPSA) is 68.0 Å². The zero-order chi connectivity index (χ0) is 16.2. The van der Waals surface area contributed by atoms with Gasteiger partial charge in [-0.25, -0.2) is 4.39 Å². The number of nitrogens with one attached hydrogen (secondary N) is 1. The molecule has 0 radical (unpaired) electrons. The number of carbonyl (C=O) groups excluding carboxylic acids is 1. The van der Waals surface area contributed by atoms with Crippen LogP contribution in [0.2, 0.25) is 0 Å². The number of pyridine rings is 1. The molecule has 0 aliphatic heterocycles. The number of benzene rings is 1. The third-order valence-corrected chi connectivity index (χ3v) is 3.31. The second-order valence-corrected chi connectivity index (χ2v) is 5.02. The minimum absolute atomic E-state index is 0.231. The summed E-state index contributed by atoms with van der Waals surface area (Å²) < 4.78 is 17.9. The molecule has 1 aromatic carbocycles. The van der Waals surface area contributed by atoms with Gasteiger partial charge in [0.1, 0.15) is 11.6 Å². The van der Waals surface area contributed by atoms with Crippen molar-refractivity contribution in [3.05, 3.63) is 71.5 Å². The number of aryl methyl sites for hydroxylation is 1. The van der Waals surface area contributed by atoms with E-state index in [1.807, 2.05) is 6.07 Å². The molecule has 2 aromatic heterocycles. The molecule has 2 heterocycles. The van der Waals surface area contributed by atoms with E-state index in [2.05, 4.69) is 15.5 Å². The van der Waals surface area contributed by atoms with E-state index in [1.165, 1.54) is 12.1 Å². The largest absolute Gasteiger partial charge is 0.361 e. The number of nitrogens with zero attached hydrogens (tertiary/aromatic N) is 2. The summed E-state index contributed by atoms with van der Waals surface area (Å²) in [5.74, 6) is -0.0553. The number of carbonyl (C=O) groups is 1. The molecule has 1 amide bonds. The van der Waals surface area contributed by atoms with Crippen LogP contribution in [0.4, 0.5) is 4.39 Å². The van der Waals surface area contributed by atoms with Crippen LogP contribution in [0.25, 0.3) is 11.3 Å². The summed E-state index contributed by atoms with van der Waals surface area (Å²) in [5, 5.41) is 6.45. The monoisotopic (exact) mass is 311 g/mol. The number of halogens is 1. The van der Waals surface area contributed by atoms with Crippen molar-refractivity contribution in [2.45, 2.75) is 13.5 Å². The predicted octanol–water partition coefficient (Wildman–Crippen LogP) is 3.11. The van der Waals surface area contributed by atoms with Crippen molar-refractivity contribution in [2.75, 3.05) is 0 Å². The molecule has 1 N–H and O–H groups in total. The Kier molecular flexibility index (Phi) is 4.14. The number of amides is 1. The standard InChI is InChI=1S/C17H14FN3O2/c1-11-9-15(21-23-11)17(22)20-10-13-3-2-8-19-16(13)12-4-6-14(18)7-5-12/h2-9H,10H2,1H3,(H,20,22). The molecule has 0 saturated carbocycles. The highest BCUT2D eigenvalue weighted by Gasteiger charge is 2.12. The predicted molar refractivity (Wildman–Crippen MR) is 82.0 cm³/mol. The Balaban J connectivity index is 1.78. The van der Waals surface area contributed by atoms with E-state index in [4.69, 9.17) is 4.52 Å². The van der Waals surface area contributed by atoms with Crippen LogP contribution in [-0.2, 0) is 6.54 Å². The molecule has 6 heteroatoms. The summed E-state index contributed by atoms with van der Waals surface area (Å²) >= 11 is 0. The van der Waals surface area contributed by atoms with Crippen LogP contribution in [0.3, 0.4) is 0 Å². The lowest BCUT2D eigenvalue weighted by molar-refractivity contribution is 0.0942. The molecule has 116 valence electrons. The number of hydrogen-bond donors (Lipinski definition) is 1. The summed E-state index contributed by atoms with van der Waals surface area (Å²) in [7, 11) is 0. The molecular formula is C17H14FN3O2. The molecule has 0 aliphatic rings. The maximum absolute atomic E-state index is 13.1. The second kappa shape index (κ2) is 6.39. The van der Waals surface area contributed by atoms with Crippen LogP contribution < -0.4 is 5.32 Å². The van der Waals surface area contributed by atoms with E-state index in [1.54, 1.807) is 37.4 Å². The van der Waals surface area contributed by atoms with Crippen molar-refractivity contribution in [1.29, 1.82) is 0 Å². The Morgan fingerprint density at radius 2 is 2.04 bits per heavy atom. The van der Waals surface area contributed by atoms with Gasteiger partial charge in [-0.3, -0.25) is 9.78 Å². The van der Waals surface area contributed by atoms with Crippen LogP contribution in [0.15, 0.2) is 53.2 Å². The minimum atomic E-state index is -0.323. The van der Waals surface area contributed by atoms with Gasteiger partial charge in [0.15, 0.2) is 5.69 Å². The Morgan fingerprint density at radius 1 is 1.26 bits per heavy atom. The Morgan fingerprint density at radius 3 is 2.74 bits per heavy atom. The lowest BCUT2D eigenvalue weighted by Gasteiger charge is -2.09. The molecule has 5 nitrogen and oxygen atoms in total. The average Bonchev–Trinajstić information content (AvgIpc) is 3.00. The average molecular weight is 311 g/mol. The molecule has 0 spiro atoms. The highest BCUT2D eigenvalue weighted by Crippen LogP contribution is 2.21. The van der Waals surface area contributed by atoms with Gasteiger partial charge in [-0.05, 0) is 42.8 Å².